The van der Waals surface area contributed by atoms with E-state index in [1.54, 1.807) is 24.3 Å². The van der Waals surface area contributed by atoms with E-state index in [-0.39, 0.29) is 5.56 Å². The first-order chi connectivity index (χ1) is 12.2. The van der Waals surface area contributed by atoms with Crippen LogP contribution in [0.4, 0.5) is 0 Å². The molecule has 5 heteroatoms. The van der Waals surface area contributed by atoms with Gasteiger partial charge in [-0.25, -0.2) is 4.79 Å². The van der Waals surface area contributed by atoms with E-state index in [9.17, 15) is 9.59 Å². The second-order valence-electron chi connectivity index (χ2n) is 5.92. The highest BCUT2D eigenvalue weighted by Gasteiger charge is 2.08. The minimum atomic E-state index is -0.517. The summed E-state index contributed by atoms with van der Waals surface area (Å²) in [5, 5.41) is 0. The van der Waals surface area contributed by atoms with Gasteiger partial charge in [0, 0.05) is 12.3 Å². The lowest BCUT2D eigenvalue weighted by Gasteiger charge is -2.08. The van der Waals surface area contributed by atoms with E-state index < -0.39 is 5.97 Å². The second-order valence-corrected chi connectivity index (χ2v) is 5.92. The number of hydrogen-bond acceptors (Lipinski definition) is 4. The van der Waals surface area contributed by atoms with Crippen LogP contribution in [0.15, 0.2) is 47.4 Å². The number of aromatic amines is 1. The molecule has 5 nitrogen and oxygen atoms in total. The number of carbonyl (C=O) groups excluding carboxylic acids is 1. The largest absolute Gasteiger partial charge is 0.494 e. The molecule has 1 aromatic carbocycles. The summed E-state index contributed by atoms with van der Waals surface area (Å²) in [6, 6.07) is 9.67. The number of H-pyrrole nitrogens is 1. The number of rotatable bonds is 10. The van der Waals surface area contributed by atoms with Gasteiger partial charge in [-0.05, 0) is 36.8 Å². The fraction of sp³-hybridized carbons (Fsp3) is 0.400. The zero-order valence-corrected chi connectivity index (χ0v) is 14.6. The predicted octanol–water partition coefficient (Wildman–Crippen LogP) is 4.33. The molecule has 1 heterocycles. The van der Waals surface area contributed by atoms with E-state index >= 15 is 0 Å². The molecule has 25 heavy (non-hydrogen) atoms. The van der Waals surface area contributed by atoms with Gasteiger partial charge in [-0.3, -0.25) is 4.79 Å². The molecule has 1 N–H and O–H groups in total. The Morgan fingerprint density at radius 1 is 0.920 bits per heavy atom. The molecule has 0 saturated heterocycles. The van der Waals surface area contributed by atoms with Crippen LogP contribution in [-0.4, -0.2) is 17.6 Å². The summed E-state index contributed by atoms with van der Waals surface area (Å²) in [6.07, 6.45) is 8.70. The third kappa shape index (κ3) is 6.83. The van der Waals surface area contributed by atoms with Crippen LogP contribution < -0.4 is 15.0 Å². The highest BCUT2D eigenvalue weighted by Crippen LogP contribution is 2.19. The Balaban J connectivity index is 1.73. The standard InChI is InChI=1S/C20H25NO4/c1-2-3-4-5-6-7-14-24-17-9-11-18(12-10-17)25-20(23)16-8-13-19(22)21-15-16/h8-13,15H,2-7,14H2,1H3,(H,21,22). The molecule has 0 bridgehead atoms. The summed E-state index contributed by atoms with van der Waals surface area (Å²) in [5.41, 5.74) is 0.0337. The smallest absolute Gasteiger partial charge is 0.345 e. The number of pyridine rings is 1. The molecule has 0 fully saturated rings. The first-order valence-corrected chi connectivity index (χ1v) is 8.83. The molecule has 134 valence electrons. The number of hydrogen-bond donors (Lipinski definition) is 1. The van der Waals surface area contributed by atoms with Gasteiger partial charge in [0.25, 0.3) is 0 Å². The number of unbranched alkanes of at least 4 members (excludes halogenated alkanes) is 5. The van der Waals surface area contributed by atoms with Crippen LogP contribution in [0, 0.1) is 0 Å². The van der Waals surface area contributed by atoms with Crippen LogP contribution in [0.5, 0.6) is 11.5 Å². The van der Waals surface area contributed by atoms with Crippen molar-refractivity contribution in [3.05, 3.63) is 58.5 Å². The number of esters is 1. The molecule has 0 radical (unpaired) electrons. The molecular weight excluding hydrogens is 318 g/mol. The van der Waals surface area contributed by atoms with Crippen molar-refractivity contribution < 1.29 is 14.3 Å². The van der Waals surface area contributed by atoms with Crippen molar-refractivity contribution in [3.8, 4) is 11.5 Å². The Morgan fingerprint density at radius 3 is 2.28 bits per heavy atom. The number of carbonyl (C=O) groups is 1. The third-order valence-electron chi connectivity index (χ3n) is 3.82. The fourth-order valence-electron chi connectivity index (χ4n) is 2.38. The van der Waals surface area contributed by atoms with Gasteiger partial charge in [0.15, 0.2) is 0 Å². The summed E-state index contributed by atoms with van der Waals surface area (Å²) in [5.74, 6) is 0.678. The normalized spacial score (nSPS) is 10.4. The van der Waals surface area contributed by atoms with E-state index in [2.05, 4.69) is 11.9 Å². The van der Waals surface area contributed by atoms with Crippen LogP contribution >= 0.6 is 0 Å². The lowest BCUT2D eigenvalue weighted by molar-refractivity contribution is 0.0734. The van der Waals surface area contributed by atoms with E-state index in [0.29, 0.717) is 17.9 Å². The van der Waals surface area contributed by atoms with Gasteiger partial charge in [-0.15, -0.1) is 0 Å². The molecule has 0 amide bonds. The number of aromatic nitrogens is 1. The third-order valence-corrected chi connectivity index (χ3v) is 3.82. The van der Waals surface area contributed by atoms with Crippen molar-refractivity contribution in [1.82, 2.24) is 4.98 Å². The maximum absolute atomic E-state index is 12.0. The molecule has 0 spiro atoms. The van der Waals surface area contributed by atoms with Crippen LogP contribution in [0.2, 0.25) is 0 Å². The molecule has 0 aliphatic heterocycles. The first-order valence-electron chi connectivity index (χ1n) is 8.83. The minimum Gasteiger partial charge on any atom is -0.494 e. The molecule has 1 aromatic heterocycles. The number of ether oxygens (including phenoxy) is 2. The van der Waals surface area contributed by atoms with Crippen molar-refractivity contribution in [1.29, 1.82) is 0 Å². The highest BCUT2D eigenvalue weighted by atomic mass is 16.5. The van der Waals surface area contributed by atoms with Gasteiger partial charge < -0.3 is 14.5 Å². The van der Waals surface area contributed by atoms with Crippen molar-refractivity contribution in [2.45, 2.75) is 45.4 Å². The predicted molar refractivity (Wildman–Crippen MR) is 97.3 cm³/mol. The van der Waals surface area contributed by atoms with Gasteiger partial charge in [0.2, 0.25) is 5.56 Å². The number of nitrogens with one attached hydrogen (secondary N) is 1. The van der Waals surface area contributed by atoms with E-state index in [1.165, 1.54) is 50.4 Å². The average Bonchev–Trinajstić information content (AvgIpc) is 2.63. The zero-order chi connectivity index (χ0) is 17.9. The summed E-state index contributed by atoms with van der Waals surface area (Å²) >= 11 is 0. The monoisotopic (exact) mass is 343 g/mol. The second kappa shape index (κ2) is 10.3. The molecule has 0 atom stereocenters. The topological polar surface area (TPSA) is 68.4 Å². The van der Waals surface area contributed by atoms with Gasteiger partial charge in [0.05, 0.1) is 12.2 Å². The highest BCUT2D eigenvalue weighted by molar-refractivity contribution is 5.90. The Kier molecular flexibility index (Phi) is 7.76. The summed E-state index contributed by atoms with van der Waals surface area (Å²) in [6.45, 7) is 2.91. The Hall–Kier alpha value is -2.56. The minimum absolute atomic E-state index is 0.261. The molecular formula is C20H25NO4. The summed E-state index contributed by atoms with van der Waals surface area (Å²) < 4.78 is 10.9. The lowest BCUT2D eigenvalue weighted by Crippen LogP contribution is -2.12. The molecule has 2 aromatic rings. The molecule has 0 saturated carbocycles. The van der Waals surface area contributed by atoms with Crippen molar-refractivity contribution >= 4 is 5.97 Å². The van der Waals surface area contributed by atoms with Crippen LogP contribution in [0.25, 0.3) is 0 Å². The van der Waals surface area contributed by atoms with Gasteiger partial charge in [-0.1, -0.05) is 39.0 Å². The zero-order valence-electron chi connectivity index (χ0n) is 14.6. The Bertz CT molecular complexity index is 686. The average molecular weight is 343 g/mol. The van der Waals surface area contributed by atoms with Crippen molar-refractivity contribution in [2.75, 3.05) is 6.61 Å². The Labute approximate surface area is 148 Å². The van der Waals surface area contributed by atoms with E-state index in [0.717, 1.165) is 12.2 Å². The van der Waals surface area contributed by atoms with Crippen LogP contribution in [0.3, 0.4) is 0 Å². The lowest BCUT2D eigenvalue weighted by atomic mass is 10.1. The summed E-state index contributed by atoms with van der Waals surface area (Å²) in [7, 11) is 0. The molecule has 0 aliphatic rings. The molecule has 0 unspecified atom stereocenters. The van der Waals surface area contributed by atoms with Crippen molar-refractivity contribution in [3.63, 3.8) is 0 Å². The van der Waals surface area contributed by atoms with E-state index in [4.69, 9.17) is 9.47 Å². The molecule has 2 rings (SSSR count). The van der Waals surface area contributed by atoms with Crippen molar-refractivity contribution in [2.24, 2.45) is 0 Å². The van der Waals surface area contributed by atoms with Gasteiger partial charge in [-0.2, -0.15) is 0 Å². The fourth-order valence-corrected chi connectivity index (χ4v) is 2.38. The first kappa shape index (κ1) is 18.8. The maximum atomic E-state index is 12.0. The quantitative estimate of drug-likeness (QED) is 0.396. The number of benzene rings is 1. The van der Waals surface area contributed by atoms with Crippen LogP contribution in [-0.2, 0) is 0 Å². The van der Waals surface area contributed by atoms with Gasteiger partial charge >= 0.3 is 5.97 Å². The summed E-state index contributed by atoms with van der Waals surface area (Å²) in [4.78, 5) is 25.4. The Morgan fingerprint density at radius 2 is 1.60 bits per heavy atom. The van der Waals surface area contributed by atoms with Crippen LogP contribution in [0.1, 0.15) is 55.8 Å². The van der Waals surface area contributed by atoms with Gasteiger partial charge in [0.1, 0.15) is 11.5 Å². The maximum Gasteiger partial charge on any atom is 0.345 e. The van der Waals surface area contributed by atoms with E-state index in [1.807, 2.05) is 0 Å². The SMILES string of the molecule is CCCCCCCCOc1ccc(OC(=O)c2ccc(=O)[nH]c2)cc1. The molecule has 0 aliphatic carbocycles.